The first kappa shape index (κ1) is 23.6. The largest absolute Gasteiger partial charge is 0.466 e. The minimum absolute atomic E-state index is 0.219. The Balaban J connectivity index is 1.60. The molecule has 4 aromatic rings. The first-order valence-electron chi connectivity index (χ1n) is 11.7. The number of ether oxygens (including phenoxy) is 1. The van der Waals surface area contributed by atoms with Crippen molar-refractivity contribution in [2.75, 3.05) is 23.8 Å². The lowest BCUT2D eigenvalue weighted by Crippen LogP contribution is -2.09. The number of hydrogen-bond acceptors (Lipinski definition) is 5. The molecular formula is C28H28ClN3O2S. The minimum Gasteiger partial charge on any atom is -0.466 e. The van der Waals surface area contributed by atoms with Crippen LogP contribution in [0.1, 0.15) is 29.5 Å². The van der Waals surface area contributed by atoms with Gasteiger partial charge < -0.3 is 20.8 Å². The average Bonchev–Trinajstić information content (AvgIpc) is 3.37. The number of nitrogen functional groups attached to an aromatic ring is 2. The van der Waals surface area contributed by atoms with Gasteiger partial charge in [0.2, 0.25) is 0 Å². The summed E-state index contributed by atoms with van der Waals surface area (Å²) < 4.78 is 7.50. The van der Waals surface area contributed by atoms with Crippen molar-refractivity contribution in [1.82, 2.24) is 4.57 Å². The van der Waals surface area contributed by atoms with Gasteiger partial charge in [-0.2, -0.15) is 0 Å². The molecule has 0 spiro atoms. The maximum atomic E-state index is 12.3. The van der Waals surface area contributed by atoms with Crippen LogP contribution in [-0.4, -0.2) is 22.9 Å². The zero-order valence-electron chi connectivity index (χ0n) is 19.8. The number of nitrogens with zero attached hydrogens (tertiary/aromatic N) is 1. The first-order valence-corrected chi connectivity index (χ1v) is 13.1. The normalized spacial score (nSPS) is 14.9. The van der Waals surface area contributed by atoms with Gasteiger partial charge in [0, 0.05) is 56.6 Å². The summed E-state index contributed by atoms with van der Waals surface area (Å²) in [5.41, 5.74) is 20.0. The molecule has 0 saturated carbocycles. The molecule has 5 nitrogen and oxygen atoms in total. The predicted molar refractivity (Wildman–Crippen MR) is 146 cm³/mol. The number of anilines is 2. The molecule has 5 rings (SSSR count). The zero-order chi connectivity index (χ0) is 24.7. The number of nitrogens with two attached hydrogens (primary N) is 2. The molecule has 7 heteroatoms. The smallest absolute Gasteiger partial charge is 0.310 e. The lowest BCUT2D eigenvalue weighted by atomic mass is 9.97. The molecule has 3 aromatic carbocycles. The van der Waals surface area contributed by atoms with Gasteiger partial charge in [0.25, 0.3) is 0 Å². The topological polar surface area (TPSA) is 83.3 Å². The van der Waals surface area contributed by atoms with E-state index >= 15 is 0 Å². The third-order valence-corrected chi connectivity index (χ3v) is 8.14. The van der Waals surface area contributed by atoms with Gasteiger partial charge in [-0.05, 0) is 78.1 Å². The van der Waals surface area contributed by atoms with Gasteiger partial charge in [0.05, 0.1) is 13.0 Å². The molecule has 0 saturated heterocycles. The van der Waals surface area contributed by atoms with Crippen molar-refractivity contribution in [3.8, 4) is 11.1 Å². The molecular weight excluding hydrogens is 478 g/mol. The lowest BCUT2D eigenvalue weighted by molar-refractivity contribution is -0.142. The van der Waals surface area contributed by atoms with Crippen molar-refractivity contribution in [3.05, 3.63) is 76.4 Å². The molecule has 180 valence electrons. The van der Waals surface area contributed by atoms with Gasteiger partial charge in [-0.15, -0.1) is 11.8 Å². The van der Waals surface area contributed by atoms with E-state index in [0.717, 1.165) is 50.5 Å². The van der Waals surface area contributed by atoms with Crippen LogP contribution in [0.25, 0.3) is 22.0 Å². The van der Waals surface area contributed by atoms with Gasteiger partial charge in [0.15, 0.2) is 0 Å². The molecule has 1 unspecified atom stereocenters. The number of aromatic nitrogens is 1. The van der Waals surface area contributed by atoms with Crippen LogP contribution < -0.4 is 11.5 Å². The zero-order valence-corrected chi connectivity index (χ0v) is 21.4. The number of rotatable bonds is 6. The Labute approximate surface area is 214 Å². The fraction of sp³-hybridized carbons (Fsp3) is 0.250. The summed E-state index contributed by atoms with van der Waals surface area (Å²) in [4.78, 5) is 13.6. The van der Waals surface area contributed by atoms with Crippen molar-refractivity contribution in [3.63, 3.8) is 0 Å². The second-order valence-corrected chi connectivity index (χ2v) is 10.5. The number of carbonyl (C=O) groups is 1. The highest BCUT2D eigenvalue weighted by atomic mass is 35.5. The van der Waals surface area contributed by atoms with E-state index in [0.29, 0.717) is 23.9 Å². The van der Waals surface area contributed by atoms with E-state index in [2.05, 4.69) is 41.1 Å². The monoisotopic (exact) mass is 505 g/mol. The summed E-state index contributed by atoms with van der Waals surface area (Å²) in [6.45, 7) is 5.00. The van der Waals surface area contributed by atoms with Gasteiger partial charge in [-0.3, -0.25) is 4.79 Å². The third kappa shape index (κ3) is 4.60. The number of halogens is 1. The van der Waals surface area contributed by atoms with E-state index in [1.807, 2.05) is 37.7 Å². The molecule has 1 aliphatic heterocycles. The van der Waals surface area contributed by atoms with E-state index in [1.54, 1.807) is 6.07 Å². The van der Waals surface area contributed by atoms with Gasteiger partial charge in [0.1, 0.15) is 0 Å². The highest BCUT2D eigenvalue weighted by Crippen LogP contribution is 2.42. The van der Waals surface area contributed by atoms with Crippen LogP contribution in [0.15, 0.2) is 59.6 Å². The van der Waals surface area contributed by atoms with Crippen LogP contribution in [-0.2, 0) is 22.5 Å². The molecule has 0 aliphatic carbocycles. The SMILES string of the molecule is CCOC(=O)Cc1cn(CC2CSc3ccc(Cl)cc32)c2cc(-c3cc(N)cc(N)c3C)ccc12. The minimum atomic E-state index is -0.219. The quantitative estimate of drug-likeness (QED) is 0.233. The molecule has 1 aliphatic rings. The summed E-state index contributed by atoms with van der Waals surface area (Å²) in [5.74, 6) is 1.10. The molecule has 2 heterocycles. The number of fused-ring (bicyclic) bond motifs is 2. The highest BCUT2D eigenvalue weighted by molar-refractivity contribution is 7.99. The van der Waals surface area contributed by atoms with Crippen LogP contribution in [0.4, 0.5) is 11.4 Å². The molecule has 35 heavy (non-hydrogen) atoms. The number of carbonyl (C=O) groups excluding carboxylic acids is 1. The Morgan fingerprint density at radius 2 is 2.00 bits per heavy atom. The third-order valence-electron chi connectivity index (χ3n) is 6.65. The summed E-state index contributed by atoms with van der Waals surface area (Å²) in [6.07, 6.45) is 2.34. The summed E-state index contributed by atoms with van der Waals surface area (Å²) in [7, 11) is 0. The van der Waals surface area contributed by atoms with Crippen LogP contribution in [0.3, 0.4) is 0 Å². The van der Waals surface area contributed by atoms with E-state index in [-0.39, 0.29) is 12.4 Å². The van der Waals surface area contributed by atoms with E-state index in [1.165, 1.54) is 10.5 Å². The van der Waals surface area contributed by atoms with Gasteiger partial charge in [-0.1, -0.05) is 23.7 Å². The number of hydrogen-bond donors (Lipinski definition) is 2. The van der Waals surface area contributed by atoms with E-state index < -0.39 is 0 Å². The van der Waals surface area contributed by atoms with Crippen molar-refractivity contribution in [2.24, 2.45) is 0 Å². The van der Waals surface area contributed by atoms with Crippen LogP contribution in [0.2, 0.25) is 5.02 Å². The molecule has 4 N–H and O–H groups in total. The van der Waals surface area contributed by atoms with Crippen molar-refractivity contribution >= 4 is 51.6 Å². The second-order valence-electron chi connectivity index (χ2n) is 8.99. The Morgan fingerprint density at radius 3 is 2.80 bits per heavy atom. The Morgan fingerprint density at radius 1 is 1.17 bits per heavy atom. The fourth-order valence-electron chi connectivity index (χ4n) is 4.89. The molecule has 1 aromatic heterocycles. The standard InChI is InChI=1S/C28H28ClN3O2S/c1-3-34-28(33)9-18-13-32(14-19-15-35-27-7-5-20(29)10-24(19)27)26-8-17(4-6-22(18)26)23-11-21(30)12-25(31)16(23)2/h4-8,10-13,19H,3,9,14-15,30-31H2,1-2H3. The first-order chi connectivity index (χ1) is 16.8. The number of benzene rings is 3. The average molecular weight is 506 g/mol. The van der Waals surface area contributed by atoms with E-state index in [4.69, 9.17) is 27.8 Å². The Kier molecular flexibility index (Phi) is 6.43. The lowest BCUT2D eigenvalue weighted by Gasteiger charge is -2.15. The van der Waals surface area contributed by atoms with Crippen LogP contribution in [0, 0.1) is 6.92 Å². The fourth-order valence-corrected chi connectivity index (χ4v) is 6.30. The molecule has 1 atom stereocenters. The summed E-state index contributed by atoms with van der Waals surface area (Å²) >= 11 is 8.18. The van der Waals surface area contributed by atoms with E-state index in [9.17, 15) is 4.79 Å². The molecule has 0 radical (unpaired) electrons. The molecule has 0 bridgehead atoms. The molecule has 0 fully saturated rings. The predicted octanol–water partition coefficient (Wildman–Crippen LogP) is 6.43. The maximum absolute atomic E-state index is 12.3. The van der Waals surface area contributed by atoms with Crippen LogP contribution >= 0.6 is 23.4 Å². The summed E-state index contributed by atoms with van der Waals surface area (Å²) in [6, 6.07) is 16.2. The van der Waals surface area contributed by atoms with Gasteiger partial charge >= 0.3 is 5.97 Å². The van der Waals surface area contributed by atoms with Crippen molar-refractivity contribution in [1.29, 1.82) is 0 Å². The van der Waals surface area contributed by atoms with Crippen molar-refractivity contribution in [2.45, 2.75) is 37.6 Å². The highest BCUT2D eigenvalue weighted by Gasteiger charge is 2.25. The van der Waals surface area contributed by atoms with Crippen molar-refractivity contribution < 1.29 is 9.53 Å². The Hall–Kier alpha value is -3.09. The Bertz CT molecular complexity index is 1450. The molecule has 0 amide bonds. The summed E-state index contributed by atoms with van der Waals surface area (Å²) in [5, 5.41) is 1.81. The second kappa shape index (κ2) is 9.51. The maximum Gasteiger partial charge on any atom is 0.310 e. The van der Waals surface area contributed by atoms with Crippen LogP contribution in [0.5, 0.6) is 0 Å². The number of esters is 1. The van der Waals surface area contributed by atoms with Gasteiger partial charge in [-0.25, -0.2) is 0 Å². The number of thioether (sulfide) groups is 1.